The van der Waals surface area contributed by atoms with Gasteiger partial charge in [-0.3, -0.25) is 14.7 Å². The number of hydrogen-bond acceptors (Lipinski definition) is 4. The van der Waals surface area contributed by atoms with Gasteiger partial charge in [0.25, 0.3) is 0 Å². The van der Waals surface area contributed by atoms with E-state index in [-0.39, 0.29) is 11.8 Å². The van der Waals surface area contributed by atoms with Crippen molar-refractivity contribution in [2.75, 3.05) is 4.90 Å². The van der Waals surface area contributed by atoms with E-state index < -0.39 is 0 Å². The van der Waals surface area contributed by atoms with Crippen molar-refractivity contribution >= 4 is 32.6 Å². The first-order valence-electron chi connectivity index (χ1n) is 7.87. The van der Waals surface area contributed by atoms with Crippen LogP contribution in [0, 0.1) is 5.92 Å². The third kappa shape index (κ3) is 2.84. The fraction of sp³-hybridized carbons (Fsp3) is 0.278. The summed E-state index contributed by atoms with van der Waals surface area (Å²) >= 11 is 1.58. The molecule has 1 fully saturated rings. The van der Waals surface area contributed by atoms with Crippen LogP contribution in [0.4, 0.5) is 5.13 Å². The van der Waals surface area contributed by atoms with Gasteiger partial charge >= 0.3 is 0 Å². The Labute approximate surface area is 138 Å². The maximum atomic E-state index is 12.9. The highest BCUT2D eigenvalue weighted by atomic mass is 32.1. The zero-order valence-corrected chi connectivity index (χ0v) is 13.5. The number of nitrogens with zero attached hydrogens (tertiary/aromatic N) is 3. The maximum Gasteiger partial charge on any atom is 0.232 e. The van der Waals surface area contributed by atoms with Crippen LogP contribution < -0.4 is 4.90 Å². The van der Waals surface area contributed by atoms with Gasteiger partial charge in [-0.25, -0.2) is 4.98 Å². The molecule has 0 spiro atoms. The monoisotopic (exact) mass is 323 g/mol. The highest BCUT2D eigenvalue weighted by molar-refractivity contribution is 7.22. The standard InChI is InChI=1S/C18H17N3OS/c22-17(14-6-3-7-14)21(12-13-5-4-10-19-11-13)18-20-15-8-1-2-9-16(15)23-18/h1-2,4-5,8-11,14H,3,6-7,12H2. The second-order valence-electron chi connectivity index (χ2n) is 5.88. The molecule has 0 radical (unpaired) electrons. The lowest BCUT2D eigenvalue weighted by molar-refractivity contribution is -0.124. The molecule has 0 atom stereocenters. The molecule has 1 aromatic carbocycles. The van der Waals surface area contributed by atoms with Crippen LogP contribution in [0.3, 0.4) is 0 Å². The molecule has 1 amide bonds. The summed E-state index contributed by atoms with van der Waals surface area (Å²) in [4.78, 5) is 23.5. The third-order valence-electron chi connectivity index (χ3n) is 4.30. The summed E-state index contributed by atoms with van der Waals surface area (Å²) in [6.45, 7) is 0.531. The van der Waals surface area contributed by atoms with Gasteiger partial charge in [-0.05, 0) is 36.6 Å². The van der Waals surface area contributed by atoms with Crippen LogP contribution in [-0.2, 0) is 11.3 Å². The number of para-hydroxylation sites is 1. The first-order valence-corrected chi connectivity index (χ1v) is 8.69. The van der Waals surface area contributed by atoms with Crippen LogP contribution in [0.2, 0.25) is 0 Å². The third-order valence-corrected chi connectivity index (χ3v) is 5.36. The number of carbonyl (C=O) groups excluding carboxylic acids is 1. The molecule has 1 aliphatic carbocycles. The topological polar surface area (TPSA) is 46.1 Å². The van der Waals surface area contributed by atoms with E-state index in [0.717, 1.165) is 40.2 Å². The highest BCUT2D eigenvalue weighted by Gasteiger charge is 2.31. The number of anilines is 1. The van der Waals surface area contributed by atoms with Crippen molar-refractivity contribution in [3.63, 3.8) is 0 Å². The van der Waals surface area contributed by atoms with Crippen molar-refractivity contribution in [3.8, 4) is 0 Å². The number of rotatable bonds is 4. The number of hydrogen-bond donors (Lipinski definition) is 0. The molecule has 2 aromatic heterocycles. The molecule has 116 valence electrons. The molecular weight excluding hydrogens is 306 g/mol. The van der Waals surface area contributed by atoms with E-state index in [2.05, 4.69) is 9.97 Å². The van der Waals surface area contributed by atoms with Crippen molar-refractivity contribution < 1.29 is 4.79 Å². The van der Waals surface area contributed by atoms with Crippen LogP contribution in [0.25, 0.3) is 10.2 Å². The normalized spacial score (nSPS) is 14.6. The van der Waals surface area contributed by atoms with Crippen LogP contribution in [-0.4, -0.2) is 15.9 Å². The highest BCUT2D eigenvalue weighted by Crippen LogP contribution is 2.34. The minimum atomic E-state index is 0.152. The zero-order valence-electron chi connectivity index (χ0n) is 12.7. The lowest BCUT2D eigenvalue weighted by Gasteiger charge is -2.30. The Morgan fingerprint density at radius 3 is 2.78 bits per heavy atom. The number of benzene rings is 1. The lowest BCUT2D eigenvalue weighted by Crippen LogP contribution is -2.38. The number of aromatic nitrogens is 2. The molecule has 5 heteroatoms. The number of carbonyl (C=O) groups is 1. The van der Waals surface area contributed by atoms with Crippen molar-refractivity contribution in [2.24, 2.45) is 5.92 Å². The summed E-state index contributed by atoms with van der Waals surface area (Å²) in [5, 5.41) is 0.784. The molecule has 4 nitrogen and oxygen atoms in total. The quantitative estimate of drug-likeness (QED) is 0.728. The average Bonchev–Trinajstić information content (AvgIpc) is 2.95. The smallest absolute Gasteiger partial charge is 0.232 e. The van der Waals surface area contributed by atoms with Gasteiger partial charge in [0.2, 0.25) is 5.91 Å². The van der Waals surface area contributed by atoms with Gasteiger partial charge < -0.3 is 0 Å². The van der Waals surface area contributed by atoms with E-state index in [0.29, 0.717) is 6.54 Å². The van der Waals surface area contributed by atoms with Crippen LogP contribution >= 0.6 is 11.3 Å². The number of thiazole rings is 1. The first kappa shape index (κ1) is 14.3. The number of amides is 1. The van der Waals surface area contributed by atoms with E-state index in [9.17, 15) is 4.79 Å². The minimum Gasteiger partial charge on any atom is -0.283 e. The Morgan fingerprint density at radius 2 is 2.09 bits per heavy atom. The summed E-state index contributed by atoms with van der Waals surface area (Å²) in [6, 6.07) is 11.9. The second kappa shape index (κ2) is 6.08. The second-order valence-corrected chi connectivity index (χ2v) is 6.89. The molecule has 1 saturated carbocycles. The first-order chi connectivity index (χ1) is 11.3. The number of pyridine rings is 1. The van der Waals surface area contributed by atoms with Crippen molar-refractivity contribution in [1.29, 1.82) is 0 Å². The van der Waals surface area contributed by atoms with E-state index in [4.69, 9.17) is 0 Å². The molecule has 0 unspecified atom stereocenters. The van der Waals surface area contributed by atoms with E-state index in [1.807, 2.05) is 47.5 Å². The van der Waals surface area contributed by atoms with Crippen molar-refractivity contribution in [3.05, 3.63) is 54.4 Å². The molecule has 4 rings (SSSR count). The molecule has 1 aliphatic rings. The number of fused-ring (bicyclic) bond motifs is 1. The summed E-state index contributed by atoms with van der Waals surface area (Å²) in [7, 11) is 0. The molecular formula is C18H17N3OS. The molecule has 0 bridgehead atoms. The fourth-order valence-corrected chi connectivity index (χ4v) is 3.74. The van der Waals surface area contributed by atoms with E-state index in [1.165, 1.54) is 0 Å². The minimum absolute atomic E-state index is 0.152. The molecule has 3 aromatic rings. The van der Waals surface area contributed by atoms with Gasteiger partial charge in [-0.1, -0.05) is 36.0 Å². The van der Waals surface area contributed by atoms with Crippen molar-refractivity contribution in [2.45, 2.75) is 25.8 Å². The Morgan fingerprint density at radius 1 is 1.22 bits per heavy atom. The predicted molar refractivity (Wildman–Crippen MR) is 92.4 cm³/mol. The lowest BCUT2D eigenvalue weighted by atomic mass is 9.84. The van der Waals surface area contributed by atoms with Gasteiger partial charge in [0, 0.05) is 18.3 Å². The molecule has 23 heavy (non-hydrogen) atoms. The molecule has 2 heterocycles. The van der Waals surface area contributed by atoms with E-state index >= 15 is 0 Å². The maximum absolute atomic E-state index is 12.9. The van der Waals surface area contributed by atoms with Crippen LogP contribution in [0.1, 0.15) is 24.8 Å². The summed E-state index contributed by atoms with van der Waals surface area (Å²) in [5.74, 6) is 0.345. The average molecular weight is 323 g/mol. The van der Waals surface area contributed by atoms with Gasteiger partial charge in [-0.2, -0.15) is 0 Å². The van der Waals surface area contributed by atoms with E-state index in [1.54, 1.807) is 17.5 Å². The largest absolute Gasteiger partial charge is 0.283 e. The van der Waals surface area contributed by atoms with Gasteiger partial charge in [-0.15, -0.1) is 0 Å². The molecule has 0 aliphatic heterocycles. The van der Waals surface area contributed by atoms with Gasteiger partial charge in [0.15, 0.2) is 5.13 Å². The Bertz CT molecular complexity index is 793. The van der Waals surface area contributed by atoms with Gasteiger partial charge in [0.1, 0.15) is 0 Å². The summed E-state index contributed by atoms with van der Waals surface area (Å²) < 4.78 is 1.11. The van der Waals surface area contributed by atoms with Crippen LogP contribution in [0.5, 0.6) is 0 Å². The predicted octanol–water partition coefficient (Wildman–Crippen LogP) is 4.02. The van der Waals surface area contributed by atoms with Crippen LogP contribution in [0.15, 0.2) is 48.8 Å². The fourth-order valence-electron chi connectivity index (χ4n) is 2.77. The summed E-state index contributed by atoms with van der Waals surface area (Å²) in [5.41, 5.74) is 1.98. The Balaban J connectivity index is 1.69. The van der Waals surface area contributed by atoms with Crippen molar-refractivity contribution in [1.82, 2.24) is 9.97 Å². The zero-order chi connectivity index (χ0) is 15.6. The SMILES string of the molecule is O=C(C1CCC1)N(Cc1cccnc1)c1nc2ccccc2s1. The summed E-state index contributed by atoms with van der Waals surface area (Å²) in [6.07, 6.45) is 6.70. The molecule has 0 N–H and O–H groups in total. The Kier molecular flexibility index (Phi) is 3.79. The molecule has 0 saturated heterocycles. The Hall–Kier alpha value is -2.27. The van der Waals surface area contributed by atoms with Gasteiger partial charge in [0.05, 0.1) is 16.8 Å².